The first-order valence-electron chi connectivity index (χ1n) is 5.37. The van der Waals surface area contributed by atoms with Crippen molar-refractivity contribution in [3.8, 4) is 0 Å². The number of nitrogens with zero attached hydrogens (tertiary/aromatic N) is 2. The Morgan fingerprint density at radius 2 is 2.12 bits per heavy atom. The predicted octanol–water partition coefficient (Wildman–Crippen LogP) is 2.67. The number of rotatable bonds is 3. The van der Waals surface area contributed by atoms with Crippen molar-refractivity contribution in [1.29, 1.82) is 0 Å². The summed E-state index contributed by atoms with van der Waals surface area (Å²) in [6.45, 7) is 2.02. The van der Waals surface area contributed by atoms with Crippen LogP contribution < -0.4 is 10.6 Å². The van der Waals surface area contributed by atoms with Crippen molar-refractivity contribution < 1.29 is 4.79 Å². The van der Waals surface area contributed by atoms with E-state index in [2.05, 4.69) is 36.5 Å². The molecule has 0 spiro atoms. The first-order valence-corrected chi connectivity index (χ1v) is 6.16. The van der Waals surface area contributed by atoms with Crippen molar-refractivity contribution in [2.24, 2.45) is 5.92 Å². The van der Waals surface area contributed by atoms with Crippen LogP contribution in [-0.4, -0.2) is 16.0 Å². The van der Waals surface area contributed by atoms with E-state index < -0.39 is 0 Å². The number of halogens is 1. The van der Waals surface area contributed by atoms with Gasteiger partial charge in [-0.3, -0.25) is 5.32 Å². The number of anilines is 1. The van der Waals surface area contributed by atoms with Gasteiger partial charge in [-0.15, -0.1) is 0 Å². The molecule has 0 bridgehead atoms. The van der Waals surface area contributed by atoms with E-state index in [0.29, 0.717) is 5.92 Å². The highest BCUT2D eigenvalue weighted by Crippen LogP contribution is 2.35. The zero-order chi connectivity index (χ0) is 12.3. The summed E-state index contributed by atoms with van der Waals surface area (Å²) in [5.41, 5.74) is 1.21. The average molecular weight is 297 g/mol. The maximum atomic E-state index is 11.5. The van der Waals surface area contributed by atoms with Gasteiger partial charge in [-0.05, 0) is 41.6 Å². The minimum Gasteiger partial charge on any atom is -0.314 e. The van der Waals surface area contributed by atoms with Crippen LogP contribution in [0.2, 0.25) is 0 Å². The van der Waals surface area contributed by atoms with E-state index in [4.69, 9.17) is 0 Å². The van der Waals surface area contributed by atoms with Crippen molar-refractivity contribution in [3.63, 3.8) is 0 Å². The van der Waals surface area contributed by atoms with Gasteiger partial charge in [0.1, 0.15) is 0 Å². The average Bonchev–Trinajstić information content (AvgIpc) is 3.13. The smallest absolute Gasteiger partial charge is 0.314 e. The van der Waals surface area contributed by atoms with Gasteiger partial charge in [0.2, 0.25) is 5.95 Å². The number of carbonyl (C=O) groups is 1. The van der Waals surface area contributed by atoms with Gasteiger partial charge in [0.25, 0.3) is 0 Å². The molecule has 1 heterocycles. The quantitative estimate of drug-likeness (QED) is 0.901. The first-order chi connectivity index (χ1) is 8.15. The molecular weight excluding hydrogens is 284 g/mol. The number of aromatic nitrogens is 2. The maximum absolute atomic E-state index is 11.5. The fourth-order valence-electron chi connectivity index (χ4n) is 1.35. The molecule has 1 aromatic heterocycles. The van der Waals surface area contributed by atoms with Gasteiger partial charge in [0.15, 0.2) is 0 Å². The van der Waals surface area contributed by atoms with Crippen molar-refractivity contribution in [2.45, 2.75) is 19.8 Å². The van der Waals surface area contributed by atoms with Crippen LogP contribution in [-0.2, 0) is 0 Å². The molecular formula is C11H13BrN4O. The van der Waals surface area contributed by atoms with Crippen molar-refractivity contribution in [1.82, 2.24) is 15.3 Å². The lowest BCUT2D eigenvalue weighted by molar-refractivity contribution is 0.255. The number of urea groups is 1. The topological polar surface area (TPSA) is 66.9 Å². The van der Waals surface area contributed by atoms with Crippen LogP contribution in [0.5, 0.6) is 0 Å². The third-order valence-electron chi connectivity index (χ3n) is 2.50. The minimum absolute atomic E-state index is 0.281. The van der Waals surface area contributed by atoms with E-state index in [1.165, 1.54) is 18.4 Å². The lowest BCUT2D eigenvalue weighted by Gasteiger charge is -2.03. The standard InChI is InChI=1S/C11H13BrN4O/c1-7(8-2-3-8)4-15-11(17)16-10-13-5-9(12)6-14-10/h4-6,8H,2-3H2,1H3,(H2,13,14,15,16,17)/b7-4+. The highest BCUT2D eigenvalue weighted by Gasteiger charge is 2.22. The molecule has 5 nitrogen and oxygen atoms in total. The highest BCUT2D eigenvalue weighted by atomic mass is 79.9. The van der Waals surface area contributed by atoms with E-state index in [0.717, 1.165) is 4.47 Å². The van der Waals surface area contributed by atoms with E-state index in [9.17, 15) is 4.79 Å². The fourth-order valence-corrected chi connectivity index (χ4v) is 1.56. The Kier molecular flexibility index (Phi) is 3.73. The van der Waals surface area contributed by atoms with Gasteiger partial charge in [-0.25, -0.2) is 14.8 Å². The molecule has 6 heteroatoms. The molecule has 1 aromatic rings. The summed E-state index contributed by atoms with van der Waals surface area (Å²) in [7, 11) is 0. The fraction of sp³-hybridized carbons (Fsp3) is 0.364. The highest BCUT2D eigenvalue weighted by molar-refractivity contribution is 9.10. The van der Waals surface area contributed by atoms with Crippen LogP contribution in [0.3, 0.4) is 0 Å². The molecule has 0 unspecified atom stereocenters. The Labute approximate surface area is 108 Å². The van der Waals surface area contributed by atoms with E-state index in [-0.39, 0.29) is 12.0 Å². The Bertz CT molecular complexity index is 439. The summed E-state index contributed by atoms with van der Waals surface area (Å²) in [6, 6.07) is -0.327. The normalized spacial score (nSPS) is 15.5. The molecule has 1 saturated carbocycles. The lowest BCUT2D eigenvalue weighted by Crippen LogP contribution is -2.25. The minimum atomic E-state index is -0.327. The summed E-state index contributed by atoms with van der Waals surface area (Å²) in [6.07, 6.45) is 7.34. The van der Waals surface area contributed by atoms with Crippen LogP contribution in [0.1, 0.15) is 19.8 Å². The van der Waals surface area contributed by atoms with E-state index >= 15 is 0 Å². The van der Waals surface area contributed by atoms with Gasteiger partial charge in [-0.1, -0.05) is 5.57 Å². The summed E-state index contributed by atoms with van der Waals surface area (Å²) in [5.74, 6) is 0.933. The number of carbonyl (C=O) groups excluding carboxylic acids is 1. The number of hydrogen-bond donors (Lipinski definition) is 2. The Morgan fingerprint density at radius 1 is 1.47 bits per heavy atom. The zero-order valence-corrected chi connectivity index (χ0v) is 11.0. The Hall–Kier alpha value is -1.43. The molecule has 2 amide bonds. The molecule has 2 rings (SSSR count). The number of nitrogens with one attached hydrogen (secondary N) is 2. The van der Waals surface area contributed by atoms with Gasteiger partial charge in [0.05, 0.1) is 4.47 Å². The van der Waals surface area contributed by atoms with Gasteiger partial charge >= 0.3 is 6.03 Å². The van der Waals surface area contributed by atoms with Gasteiger partial charge < -0.3 is 5.32 Å². The Morgan fingerprint density at radius 3 is 2.71 bits per heavy atom. The number of amides is 2. The van der Waals surface area contributed by atoms with Crippen LogP contribution in [0.4, 0.5) is 10.7 Å². The van der Waals surface area contributed by atoms with Crippen molar-refractivity contribution >= 4 is 27.9 Å². The van der Waals surface area contributed by atoms with Crippen LogP contribution in [0.25, 0.3) is 0 Å². The molecule has 0 aliphatic heterocycles. The van der Waals surface area contributed by atoms with Crippen LogP contribution in [0, 0.1) is 5.92 Å². The molecule has 1 fully saturated rings. The summed E-state index contributed by atoms with van der Waals surface area (Å²) >= 11 is 3.22. The molecule has 90 valence electrons. The lowest BCUT2D eigenvalue weighted by atomic mass is 10.2. The molecule has 2 N–H and O–H groups in total. The number of allylic oxidation sites excluding steroid dienone is 1. The summed E-state index contributed by atoms with van der Waals surface area (Å²) in [4.78, 5) is 19.4. The summed E-state index contributed by atoms with van der Waals surface area (Å²) < 4.78 is 0.771. The van der Waals surface area contributed by atoms with Gasteiger partial charge in [0, 0.05) is 18.6 Å². The third kappa shape index (κ3) is 3.81. The zero-order valence-electron chi connectivity index (χ0n) is 9.40. The molecule has 17 heavy (non-hydrogen) atoms. The molecule has 0 radical (unpaired) electrons. The Balaban J connectivity index is 1.84. The third-order valence-corrected chi connectivity index (χ3v) is 2.91. The molecule has 1 aliphatic carbocycles. The molecule has 0 aromatic carbocycles. The van der Waals surface area contributed by atoms with E-state index in [1.807, 2.05) is 6.92 Å². The second-order valence-electron chi connectivity index (χ2n) is 3.99. The SMILES string of the molecule is C/C(=C\NC(=O)Nc1ncc(Br)cn1)C1CC1. The van der Waals surface area contributed by atoms with Crippen molar-refractivity contribution in [3.05, 3.63) is 28.6 Å². The number of hydrogen-bond acceptors (Lipinski definition) is 3. The molecule has 0 saturated heterocycles. The summed E-state index contributed by atoms with van der Waals surface area (Å²) in [5, 5.41) is 5.21. The van der Waals surface area contributed by atoms with Crippen LogP contribution in [0.15, 0.2) is 28.6 Å². The second-order valence-corrected chi connectivity index (χ2v) is 4.90. The van der Waals surface area contributed by atoms with Crippen LogP contribution >= 0.6 is 15.9 Å². The monoisotopic (exact) mass is 296 g/mol. The first kappa shape index (κ1) is 12.0. The van der Waals surface area contributed by atoms with Crippen molar-refractivity contribution in [2.75, 3.05) is 5.32 Å². The maximum Gasteiger partial charge on any atom is 0.325 e. The van der Waals surface area contributed by atoms with Gasteiger partial charge in [-0.2, -0.15) is 0 Å². The second kappa shape index (κ2) is 5.27. The molecule has 1 aliphatic rings. The largest absolute Gasteiger partial charge is 0.325 e. The predicted molar refractivity (Wildman–Crippen MR) is 68.4 cm³/mol. The van der Waals surface area contributed by atoms with E-state index in [1.54, 1.807) is 18.6 Å². The molecule has 0 atom stereocenters.